The van der Waals surface area contributed by atoms with E-state index in [4.69, 9.17) is 4.98 Å². The van der Waals surface area contributed by atoms with Crippen LogP contribution in [0.2, 0.25) is 0 Å². The van der Waals surface area contributed by atoms with Gasteiger partial charge in [0.1, 0.15) is 11.6 Å². The van der Waals surface area contributed by atoms with E-state index in [2.05, 4.69) is 40.6 Å². The monoisotopic (exact) mass is 541 g/mol. The summed E-state index contributed by atoms with van der Waals surface area (Å²) in [5, 5.41) is 23.9. The van der Waals surface area contributed by atoms with Gasteiger partial charge in [0.2, 0.25) is 11.8 Å². The molecule has 3 amide bonds. The number of aromatic nitrogens is 1. The maximum absolute atomic E-state index is 13.2. The number of fused-ring (bicyclic) bond motifs is 1. The van der Waals surface area contributed by atoms with Crippen LogP contribution in [-0.4, -0.2) is 56.7 Å². The number of rotatable bonds is 5. The first kappa shape index (κ1) is 26.6. The molecule has 2 N–H and O–H groups in total. The molecule has 3 fully saturated rings. The van der Waals surface area contributed by atoms with Gasteiger partial charge in [-0.1, -0.05) is 38.1 Å². The van der Waals surface area contributed by atoms with Crippen molar-refractivity contribution in [1.29, 1.82) is 5.26 Å². The number of hydrogen-bond donors (Lipinski definition) is 2. The Kier molecular flexibility index (Phi) is 6.32. The maximum Gasteiger partial charge on any atom is 0.256 e. The molecule has 2 atom stereocenters. The number of hydrogen-bond acceptors (Lipinski definition) is 7. The molecule has 0 spiro atoms. The number of carbonyl (C=O) groups is 3. The zero-order chi connectivity index (χ0) is 28.3. The van der Waals surface area contributed by atoms with E-state index in [-0.39, 0.29) is 30.2 Å². The van der Waals surface area contributed by atoms with Crippen molar-refractivity contribution in [2.45, 2.75) is 82.5 Å². The van der Waals surface area contributed by atoms with Crippen LogP contribution in [-0.2, 0) is 33.7 Å². The molecule has 208 valence electrons. The summed E-state index contributed by atoms with van der Waals surface area (Å²) in [6.07, 6.45) is 3.59. The third-order valence-corrected chi connectivity index (χ3v) is 9.44. The molecule has 3 aliphatic heterocycles. The summed E-state index contributed by atoms with van der Waals surface area (Å²) in [6.45, 7) is 6.38. The molecule has 2 saturated heterocycles. The second-order valence-corrected chi connectivity index (χ2v) is 12.5. The van der Waals surface area contributed by atoms with Gasteiger partial charge in [-0.05, 0) is 55.4 Å². The van der Waals surface area contributed by atoms with E-state index >= 15 is 0 Å². The van der Waals surface area contributed by atoms with Gasteiger partial charge in [-0.15, -0.1) is 0 Å². The van der Waals surface area contributed by atoms with Crippen molar-refractivity contribution in [1.82, 2.24) is 20.1 Å². The van der Waals surface area contributed by atoms with E-state index in [1.807, 2.05) is 13.8 Å². The van der Waals surface area contributed by atoms with Gasteiger partial charge >= 0.3 is 0 Å². The average molecular weight is 542 g/mol. The Morgan fingerprint density at radius 3 is 2.52 bits per heavy atom. The van der Waals surface area contributed by atoms with Gasteiger partial charge in [0.05, 0.1) is 35.0 Å². The van der Waals surface area contributed by atoms with Crippen molar-refractivity contribution in [3.63, 3.8) is 0 Å². The van der Waals surface area contributed by atoms with Gasteiger partial charge in [-0.25, -0.2) is 0 Å². The SMILES string of the molecule is CC1(C)CN(Cc2ccc(C3(C#N)CC3)cc2)CC[C@]1(O)c1ccc2c(n1)CN([C@@H]1CCCC(=O)NC1=O)C2=O. The molecule has 9 nitrogen and oxygen atoms in total. The van der Waals surface area contributed by atoms with Gasteiger partial charge in [-0.3, -0.25) is 29.6 Å². The summed E-state index contributed by atoms with van der Waals surface area (Å²) >= 11 is 0. The molecule has 2 aromatic rings. The van der Waals surface area contributed by atoms with E-state index in [1.54, 1.807) is 12.1 Å². The Morgan fingerprint density at radius 1 is 1.10 bits per heavy atom. The number of nitrogens with zero attached hydrogens (tertiary/aromatic N) is 4. The minimum atomic E-state index is -1.18. The zero-order valence-electron chi connectivity index (χ0n) is 23.1. The number of imide groups is 1. The Morgan fingerprint density at radius 2 is 1.85 bits per heavy atom. The van der Waals surface area contributed by atoms with Crippen molar-refractivity contribution in [2.75, 3.05) is 13.1 Å². The lowest BCUT2D eigenvalue weighted by Gasteiger charge is -2.50. The van der Waals surface area contributed by atoms with Crippen LogP contribution in [0.5, 0.6) is 0 Å². The molecule has 0 unspecified atom stereocenters. The van der Waals surface area contributed by atoms with E-state index in [0.717, 1.165) is 24.9 Å². The van der Waals surface area contributed by atoms with Crippen molar-refractivity contribution in [2.24, 2.45) is 5.41 Å². The van der Waals surface area contributed by atoms with Crippen LogP contribution in [0, 0.1) is 16.7 Å². The molecular formula is C31H35N5O4. The Labute approximate surface area is 234 Å². The zero-order valence-corrected chi connectivity index (χ0v) is 23.1. The molecule has 1 saturated carbocycles. The fourth-order valence-corrected chi connectivity index (χ4v) is 6.67. The van der Waals surface area contributed by atoms with Crippen LogP contribution in [0.4, 0.5) is 0 Å². The number of pyridine rings is 1. The van der Waals surface area contributed by atoms with E-state index < -0.39 is 23.0 Å². The summed E-state index contributed by atoms with van der Waals surface area (Å²) in [4.78, 5) is 46.2. The van der Waals surface area contributed by atoms with Gasteiger partial charge in [0, 0.05) is 31.5 Å². The number of piperidine rings is 1. The standard InChI is InChI=1S/C31H35N5O4/c1-29(2)19-35(16-20-6-8-21(9-7-20)30(18-32)12-13-30)15-14-31(29,40)25-11-10-22-23(33-25)17-36(28(22)39)24-4-3-5-26(37)34-27(24)38/h6-11,24,40H,3-5,12-17,19H2,1-2H3,(H,34,37,38)/t24-,31+/m1/s1. The van der Waals surface area contributed by atoms with Crippen molar-refractivity contribution >= 4 is 17.7 Å². The number of benzene rings is 1. The third-order valence-electron chi connectivity index (χ3n) is 9.44. The number of nitriles is 1. The lowest BCUT2D eigenvalue weighted by molar-refractivity contribution is -0.132. The highest BCUT2D eigenvalue weighted by molar-refractivity contribution is 6.04. The minimum absolute atomic E-state index is 0.181. The average Bonchev–Trinajstić information content (AvgIpc) is 3.69. The highest BCUT2D eigenvalue weighted by Crippen LogP contribution is 2.48. The predicted octanol–water partition coefficient (Wildman–Crippen LogP) is 2.91. The van der Waals surface area contributed by atoms with E-state index in [1.165, 1.54) is 10.5 Å². The topological polar surface area (TPSA) is 127 Å². The largest absolute Gasteiger partial charge is 0.383 e. The normalized spacial score (nSPS) is 27.5. The van der Waals surface area contributed by atoms with Crippen LogP contribution < -0.4 is 5.32 Å². The van der Waals surface area contributed by atoms with Gasteiger partial charge in [0.15, 0.2) is 0 Å². The van der Waals surface area contributed by atoms with Gasteiger partial charge < -0.3 is 10.0 Å². The Bertz CT molecular complexity index is 1420. The highest BCUT2D eigenvalue weighted by atomic mass is 16.3. The minimum Gasteiger partial charge on any atom is -0.383 e. The summed E-state index contributed by atoms with van der Waals surface area (Å²) in [7, 11) is 0. The maximum atomic E-state index is 13.2. The first-order chi connectivity index (χ1) is 19.0. The second-order valence-electron chi connectivity index (χ2n) is 12.5. The fourth-order valence-electron chi connectivity index (χ4n) is 6.67. The summed E-state index contributed by atoms with van der Waals surface area (Å²) in [6, 6.07) is 13.6. The smallest absolute Gasteiger partial charge is 0.256 e. The Balaban J connectivity index is 1.16. The molecule has 6 rings (SSSR count). The summed E-state index contributed by atoms with van der Waals surface area (Å²) in [5.74, 6) is -1.02. The summed E-state index contributed by atoms with van der Waals surface area (Å²) < 4.78 is 0. The molecule has 40 heavy (non-hydrogen) atoms. The lowest BCUT2D eigenvalue weighted by atomic mass is 9.68. The molecule has 1 aromatic carbocycles. The molecule has 1 aromatic heterocycles. The summed E-state index contributed by atoms with van der Waals surface area (Å²) in [5.41, 5.74) is 1.83. The number of aliphatic hydroxyl groups is 1. The van der Waals surface area contributed by atoms with Crippen LogP contribution in [0.25, 0.3) is 0 Å². The molecule has 1 aliphatic carbocycles. The van der Waals surface area contributed by atoms with Crippen LogP contribution in [0.15, 0.2) is 36.4 Å². The number of nitrogens with one attached hydrogen (secondary N) is 1. The fraction of sp³-hybridized carbons (Fsp3) is 0.516. The van der Waals surface area contributed by atoms with Crippen LogP contribution in [0.3, 0.4) is 0 Å². The van der Waals surface area contributed by atoms with Crippen molar-refractivity contribution in [3.8, 4) is 6.07 Å². The Hall–Kier alpha value is -3.61. The molecule has 0 bridgehead atoms. The van der Waals surface area contributed by atoms with Crippen molar-refractivity contribution in [3.05, 3.63) is 64.5 Å². The first-order valence-corrected chi connectivity index (χ1v) is 14.2. The number of amides is 3. The van der Waals surface area contributed by atoms with Crippen LogP contribution in [0.1, 0.15) is 85.2 Å². The second kappa shape index (κ2) is 9.50. The molecular weight excluding hydrogens is 506 g/mol. The molecule has 9 heteroatoms. The molecule has 0 radical (unpaired) electrons. The third kappa shape index (κ3) is 4.40. The predicted molar refractivity (Wildman–Crippen MR) is 145 cm³/mol. The van der Waals surface area contributed by atoms with Crippen molar-refractivity contribution < 1.29 is 19.5 Å². The highest BCUT2D eigenvalue weighted by Gasteiger charge is 2.50. The number of likely N-dealkylation sites (tertiary alicyclic amines) is 1. The molecule has 4 heterocycles. The quantitative estimate of drug-likeness (QED) is 0.558. The van der Waals surface area contributed by atoms with Gasteiger partial charge in [-0.2, -0.15) is 5.26 Å². The van der Waals surface area contributed by atoms with E-state index in [9.17, 15) is 24.8 Å². The van der Waals surface area contributed by atoms with E-state index in [0.29, 0.717) is 49.3 Å². The first-order valence-electron chi connectivity index (χ1n) is 14.2. The number of carbonyl (C=O) groups excluding carboxylic acids is 3. The molecule has 4 aliphatic rings. The van der Waals surface area contributed by atoms with Gasteiger partial charge in [0.25, 0.3) is 5.91 Å². The van der Waals surface area contributed by atoms with Crippen LogP contribution >= 0.6 is 0 Å². The lowest BCUT2D eigenvalue weighted by Crippen LogP contribution is -2.55.